The number of ether oxygens (including phenoxy) is 1. The average molecular weight is 351 g/mol. The lowest BCUT2D eigenvalue weighted by Crippen LogP contribution is -2.24. The first-order valence-electron chi connectivity index (χ1n) is 9.32. The molecule has 2 atom stereocenters. The second-order valence-electron chi connectivity index (χ2n) is 6.68. The van der Waals surface area contributed by atoms with Gasteiger partial charge in [-0.05, 0) is 49.9 Å². The van der Waals surface area contributed by atoms with E-state index in [4.69, 9.17) is 10.5 Å². The quantitative estimate of drug-likeness (QED) is 0.762. The minimum atomic E-state index is 0.0248. The summed E-state index contributed by atoms with van der Waals surface area (Å²) in [4.78, 5) is 2.18. The van der Waals surface area contributed by atoms with Crippen LogP contribution in [-0.2, 0) is 0 Å². The molecule has 6 heteroatoms. The Morgan fingerprint density at radius 3 is 2.62 bits per heavy atom. The fraction of sp³-hybridized carbons (Fsp3) is 0.400. The van der Waals surface area contributed by atoms with Crippen molar-refractivity contribution in [3.05, 3.63) is 53.7 Å². The number of nitrogens with zero attached hydrogens (tertiary/aromatic N) is 4. The normalized spacial score (nSPS) is 19.3. The zero-order valence-corrected chi connectivity index (χ0v) is 15.3. The largest absolute Gasteiger partial charge is 0.484 e. The molecule has 26 heavy (non-hydrogen) atoms. The van der Waals surface area contributed by atoms with Gasteiger partial charge in [0.25, 0.3) is 0 Å². The van der Waals surface area contributed by atoms with Crippen molar-refractivity contribution in [2.45, 2.75) is 38.8 Å². The van der Waals surface area contributed by atoms with Gasteiger partial charge in [-0.25, -0.2) is 0 Å². The van der Waals surface area contributed by atoms with Gasteiger partial charge in [-0.3, -0.25) is 4.40 Å². The molecule has 1 aliphatic rings. The van der Waals surface area contributed by atoms with E-state index in [-0.39, 0.29) is 12.1 Å². The molecule has 0 spiro atoms. The molecular weight excluding hydrogens is 326 g/mol. The van der Waals surface area contributed by atoms with Crippen LogP contribution in [0.3, 0.4) is 0 Å². The van der Waals surface area contributed by atoms with Gasteiger partial charge in [0, 0.05) is 19.1 Å². The van der Waals surface area contributed by atoms with E-state index >= 15 is 0 Å². The van der Waals surface area contributed by atoms with Gasteiger partial charge in [-0.15, -0.1) is 10.2 Å². The second kappa shape index (κ2) is 6.96. The molecular formula is C20H25N5O. The monoisotopic (exact) mass is 351 g/mol. The Morgan fingerprint density at radius 1 is 1.08 bits per heavy atom. The van der Waals surface area contributed by atoms with Crippen molar-refractivity contribution in [3.63, 3.8) is 0 Å². The van der Waals surface area contributed by atoms with Crippen molar-refractivity contribution in [3.8, 4) is 5.75 Å². The van der Waals surface area contributed by atoms with Gasteiger partial charge in [0.15, 0.2) is 5.65 Å². The number of aromatic nitrogens is 3. The number of fused-ring (bicyclic) bond motifs is 2. The smallest absolute Gasteiger partial charge is 0.231 e. The highest BCUT2D eigenvalue weighted by Gasteiger charge is 2.26. The highest BCUT2D eigenvalue weighted by Crippen LogP contribution is 2.37. The Hall–Kier alpha value is -2.60. The Kier molecular flexibility index (Phi) is 4.51. The van der Waals surface area contributed by atoms with Gasteiger partial charge in [-0.1, -0.05) is 24.3 Å². The highest BCUT2D eigenvalue weighted by atomic mass is 16.5. The van der Waals surface area contributed by atoms with Crippen LogP contribution >= 0.6 is 0 Å². The first kappa shape index (κ1) is 16.8. The number of hydrogen-bond donors (Lipinski definition) is 1. The summed E-state index contributed by atoms with van der Waals surface area (Å²) in [5, 5.41) is 8.61. The lowest BCUT2D eigenvalue weighted by molar-refractivity contribution is 0.176. The molecule has 6 nitrogen and oxygen atoms in total. The van der Waals surface area contributed by atoms with Crippen LogP contribution in [0.4, 0.5) is 5.95 Å². The summed E-state index contributed by atoms with van der Waals surface area (Å²) < 4.78 is 8.36. The molecule has 0 saturated carbocycles. The van der Waals surface area contributed by atoms with Gasteiger partial charge in [0.2, 0.25) is 5.95 Å². The zero-order valence-electron chi connectivity index (χ0n) is 15.3. The van der Waals surface area contributed by atoms with E-state index < -0.39 is 0 Å². The first-order valence-corrected chi connectivity index (χ1v) is 9.32. The molecule has 2 heterocycles. The zero-order chi connectivity index (χ0) is 18.1. The van der Waals surface area contributed by atoms with E-state index in [9.17, 15) is 0 Å². The lowest BCUT2D eigenvalue weighted by atomic mass is 9.86. The van der Waals surface area contributed by atoms with Crippen molar-refractivity contribution in [1.82, 2.24) is 14.6 Å². The fourth-order valence-electron chi connectivity index (χ4n) is 3.72. The SMILES string of the molecule is CCN(CC)c1nnc2ccc(O[C@@H]3CC[C@H](N)c4ccccc43)cn12. The molecule has 0 aliphatic heterocycles. The van der Waals surface area contributed by atoms with Gasteiger partial charge < -0.3 is 15.4 Å². The van der Waals surface area contributed by atoms with Gasteiger partial charge in [0.1, 0.15) is 11.9 Å². The van der Waals surface area contributed by atoms with Crippen molar-refractivity contribution >= 4 is 11.6 Å². The van der Waals surface area contributed by atoms with Gasteiger partial charge in [-0.2, -0.15) is 0 Å². The summed E-state index contributed by atoms with van der Waals surface area (Å²) in [6.45, 7) is 6.01. The molecule has 0 amide bonds. The summed E-state index contributed by atoms with van der Waals surface area (Å²) in [5.74, 6) is 1.67. The summed E-state index contributed by atoms with van der Waals surface area (Å²) in [5.41, 5.74) is 9.48. The van der Waals surface area contributed by atoms with E-state index in [1.165, 1.54) is 11.1 Å². The van der Waals surface area contributed by atoms with Crippen LogP contribution in [0.2, 0.25) is 0 Å². The summed E-state index contributed by atoms with van der Waals surface area (Å²) >= 11 is 0. The summed E-state index contributed by atoms with van der Waals surface area (Å²) in [6.07, 6.45) is 3.86. The van der Waals surface area contributed by atoms with E-state index in [1.54, 1.807) is 0 Å². The first-order chi connectivity index (χ1) is 12.7. The van der Waals surface area contributed by atoms with Gasteiger partial charge in [0.05, 0.1) is 6.20 Å². The minimum absolute atomic E-state index is 0.0248. The van der Waals surface area contributed by atoms with E-state index in [1.807, 2.05) is 28.8 Å². The molecule has 2 aromatic heterocycles. The molecule has 2 N–H and O–H groups in total. The maximum absolute atomic E-state index is 6.36. The lowest BCUT2D eigenvalue weighted by Gasteiger charge is -2.30. The molecule has 136 valence electrons. The third-order valence-corrected chi connectivity index (χ3v) is 5.16. The van der Waals surface area contributed by atoms with E-state index in [0.29, 0.717) is 0 Å². The Balaban J connectivity index is 1.66. The number of benzene rings is 1. The second-order valence-corrected chi connectivity index (χ2v) is 6.68. The van der Waals surface area contributed by atoms with Crippen molar-refractivity contribution < 1.29 is 4.74 Å². The average Bonchev–Trinajstić information content (AvgIpc) is 3.09. The Labute approximate surface area is 153 Å². The molecule has 0 radical (unpaired) electrons. The molecule has 0 unspecified atom stereocenters. The van der Waals surface area contributed by atoms with E-state index in [2.05, 4.69) is 47.1 Å². The molecule has 0 bridgehead atoms. The predicted octanol–water partition coefficient (Wildman–Crippen LogP) is 3.49. The molecule has 1 aromatic carbocycles. The Bertz CT molecular complexity index is 902. The van der Waals surface area contributed by atoms with Crippen LogP contribution in [-0.4, -0.2) is 27.7 Å². The summed E-state index contributed by atoms with van der Waals surface area (Å²) in [7, 11) is 0. The van der Waals surface area contributed by atoms with Gasteiger partial charge >= 0.3 is 0 Å². The number of hydrogen-bond acceptors (Lipinski definition) is 5. The topological polar surface area (TPSA) is 68.7 Å². The van der Waals surface area contributed by atoms with Crippen LogP contribution in [0.5, 0.6) is 5.75 Å². The number of rotatable bonds is 5. The highest BCUT2D eigenvalue weighted by molar-refractivity contribution is 5.49. The fourth-order valence-corrected chi connectivity index (χ4v) is 3.72. The van der Waals surface area contributed by atoms with Crippen LogP contribution < -0.4 is 15.4 Å². The third-order valence-electron chi connectivity index (χ3n) is 5.16. The summed E-state index contributed by atoms with van der Waals surface area (Å²) in [6, 6.07) is 12.3. The van der Waals surface area contributed by atoms with E-state index in [0.717, 1.165) is 43.3 Å². The van der Waals surface area contributed by atoms with Crippen LogP contribution in [0.15, 0.2) is 42.6 Å². The molecule has 0 saturated heterocycles. The molecule has 4 rings (SSSR count). The molecule has 1 aliphatic carbocycles. The number of pyridine rings is 1. The van der Waals surface area contributed by atoms with Crippen molar-refractivity contribution in [2.75, 3.05) is 18.0 Å². The molecule has 0 fully saturated rings. The Morgan fingerprint density at radius 2 is 1.85 bits per heavy atom. The number of nitrogens with two attached hydrogens (primary N) is 1. The maximum atomic E-state index is 6.36. The van der Waals surface area contributed by atoms with Crippen LogP contribution in [0.1, 0.15) is 50.0 Å². The molecule has 3 aromatic rings. The standard InChI is InChI=1S/C20H25N5O/c1-3-24(4-2)20-23-22-19-12-9-14(13-25(19)20)26-18-11-10-17(21)15-7-5-6-8-16(15)18/h5-9,12-13,17-18H,3-4,10-11,21H2,1-2H3/t17-,18+/m0/s1. The van der Waals surface area contributed by atoms with Crippen LogP contribution in [0, 0.1) is 0 Å². The third kappa shape index (κ3) is 2.90. The van der Waals surface area contributed by atoms with Crippen molar-refractivity contribution in [2.24, 2.45) is 5.73 Å². The van der Waals surface area contributed by atoms with Crippen LogP contribution in [0.25, 0.3) is 5.65 Å². The minimum Gasteiger partial charge on any atom is -0.484 e. The van der Waals surface area contributed by atoms with Crippen molar-refractivity contribution in [1.29, 1.82) is 0 Å². The maximum Gasteiger partial charge on any atom is 0.231 e. The number of anilines is 1. The predicted molar refractivity (Wildman–Crippen MR) is 103 cm³/mol.